The lowest BCUT2D eigenvalue weighted by molar-refractivity contribution is -0.128. The number of amides is 1. The van der Waals surface area contributed by atoms with Gasteiger partial charge in [-0.2, -0.15) is 0 Å². The monoisotopic (exact) mass is 323 g/mol. The summed E-state index contributed by atoms with van der Waals surface area (Å²) in [6.07, 6.45) is 8.28. The fourth-order valence-electron chi connectivity index (χ4n) is 3.41. The van der Waals surface area contributed by atoms with Crippen molar-refractivity contribution in [1.82, 2.24) is 5.32 Å². The van der Waals surface area contributed by atoms with Gasteiger partial charge in [-0.1, -0.05) is 43.0 Å². The number of aliphatic hydroxyl groups excluding tert-OH is 1. The summed E-state index contributed by atoms with van der Waals surface area (Å²) in [5.74, 6) is 1.06. The number of hydrogen-bond donors (Lipinski definition) is 2. The van der Waals surface area contributed by atoms with E-state index >= 15 is 0 Å². The number of hydrogen-bond acceptors (Lipinski definition) is 2. The van der Waals surface area contributed by atoms with Crippen molar-refractivity contribution in [2.75, 3.05) is 7.11 Å². The highest BCUT2D eigenvalue weighted by molar-refractivity contribution is 6.30. The summed E-state index contributed by atoms with van der Waals surface area (Å²) in [6.45, 7) is 0. The molecule has 0 radical (unpaired) electrons. The van der Waals surface area contributed by atoms with Crippen LogP contribution in [-0.2, 0) is 4.79 Å². The predicted molar refractivity (Wildman–Crippen MR) is 89.8 cm³/mol. The smallest absolute Gasteiger partial charge is 0.223 e. The molecule has 0 bridgehead atoms. The van der Waals surface area contributed by atoms with E-state index in [-0.39, 0.29) is 17.9 Å². The van der Waals surface area contributed by atoms with E-state index in [1.807, 2.05) is 18.2 Å². The third kappa shape index (κ3) is 4.23. The summed E-state index contributed by atoms with van der Waals surface area (Å²) in [4.78, 5) is 12.3. The molecule has 0 saturated heterocycles. The number of benzene rings is 1. The van der Waals surface area contributed by atoms with Crippen molar-refractivity contribution >= 4 is 17.5 Å². The van der Waals surface area contributed by atoms with Crippen LogP contribution >= 0.6 is 11.6 Å². The molecule has 3 rings (SSSR count). The van der Waals surface area contributed by atoms with Crippen LogP contribution in [0.25, 0.3) is 0 Å². The van der Waals surface area contributed by atoms with Crippen molar-refractivity contribution in [2.45, 2.75) is 51.0 Å². The van der Waals surface area contributed by atoms with Gasteiger partial charge in [-0.25, -0.2) is 0 Å². The van der Waals surface area contributed by atoms with E-state index in [9.17, 15) is 4.79 Å². The molecule has 1 aromatic rings. The molecular weight excluding hydrogens is 298 g/mol. The van der Waals surface area contributed by atoms with Crippen LogP contribution in [0.4, 0.5) is 0 Å². The van der Waals surface area contributed by atoms with Crippen LogP contribution in [-0.4, -0.2) is 18.1 Å². The lowest BCUT2D eigenvalue weighted by atomic mass is 9.83. The number of halogens is 1. The van der Waals surface area contributed by atoms with Gasteiger partial charge >= 0.3 is 0 Å². The number of carbonyl (C=O) groups is 1. The van der Waals surface area contributed by atoms with Gasteiger partial charge in [0.25, 0.3) is 0 Å². The lowest BCUT2D eigenvalue weighted by Crippen LogP contribution is -2.39. The van der Waals surface area contributed by atoms with E-state index in [4.69, 9.17) is 16.7 Å². The van der Waals surface area contributed by atoms with Crippen molar-refractivity contribution in [3.8, 4) is 0 Å². The molecule has 1 aromatic carbocycles. The van der Waals surface area contributed by atoms with Gasteiger partial charge in [0.1, 0.15) is 0 Å². The second-order valence-corrected chi connectivity index (χ2v) is 6.65. The molecule has 122 valence electrons. The van der Waals surface area contributed by atoms with Gasteiger partial charge in [-0.15, -0.1) is 0 Å². The molecule has 22 heavy (non-hydrogen) atoms. The van der Waals surface area contributed by atoms with E-state index in [0.717, 1.165) is 30.5 Å². The average molecular weight is 324 g/mol. The number of aliphatic hydroxyl groups is 1. The zero-order valence-corrected chi connectivity index (χ0v) is 14.0. The van der Waals surface area contributed by atoms with Gasteiger partial charge in [0, 0.05) is 18.1 Å². The van der Waals surface area contributed by atoms with E-state index < -0.39 is 0 Å². The minimum Gasteiger partial charge on any atom is -0.400 e. The van der Waals surface area contributed by atoms with Crippen LogP contribution in [0.15, 0.2) is 24.3 Å². The Morgan fingerprint density at radius 2 is 1.86 bits per heavy atom. The molecule has 0 aromatic heterocycles. The summed E-state index contributed by atoms with van der Waals surface area (Å²) in [5.41, 5.74) is 1.16. The molecule has 1 unspecified atom stereocenters. The SMILES string of the molecule is CO.O=C(NC(c1cccc(Cl)c1)C1CCCC1)C1CCC1. The summed E-state index contributed by atoms with van der Waals surface area (Å²) >= 11 is 6.12. The average Bonchev–Trinajstić information content (AvgIpc) is 2.99. The third-order valence-electron chi connectivity index (χ3n) is 4.85. The Morgan fingerprint density at radius 1 is 1.18 bits per heavy atom. The maximum atomic E-state index is 12.3. The highest BCUT2D eigenvalue weighted by Crippen LogP contribution is 2.37. The first kappa shape index (κ1) is 17.3. The molecule has 0 spiro atoms. The van der Waals surface area contributed by atoms with Crippen molar-refractivity contribution in [3.05, 3.63) is 34.9 Å². The van der Waals surface area contributed by atoms with Gasteiger partial charge in [0.05, 0.1) is 6.04 Å². The molecule has 2 fully saturated rings. The summed E-state index contributed by atoms with van der Waals surface area (Å²) < 4.78 is 0. The Labute approximate surface area is 138 Å². The summed E-state index contributed by atoms with van der Waals surface area (Å²) in [6, 6.07) is 8.12. The molecule has 4 heteroatoms. The Balaban J connectivity index is 0.000000847. The molecule has 2 saturated carbocycles. The molecular formula is C18H26ClNO2. The topological polar surface area (TPSA) is 49.3 Å². The zero-order chi connectivity index (χ0) is 15.9. The molecule has 1 atom stereocenters. The quantitative estimate of drug-likeness (QED) is 0.876. The molecule has 1 amide bonds. The molecule has 2 aliphatic rings. The van der Waals surface area contributed by atoms with Gasteiger partial charge in [-0.05, 0) is 49.3 Å². The van der Waals surface area contributed by atoms with Gasteiger partial charge < -0.3 is 10.4 Å². The lowest BCUT2D eigenvalue weighted by Gasteiger charge is -2.30. The molecule has 0 heterocycles. The van der Waals surface area contributed by atoms with Crippen molar-refractivity contribution < 1.29 is 9.90 Å². The molecule has 3 nitrogen and oxygen atoms in total. The van der Waals surface area contributed by atoms with Crippen molar-refractivity contribution in [1.29, 1.82) is 0 Å². The van der Waals surface area contributed by atoms with Crippen molar-refractivity contribution in [2.24, 2.45) is 11.8 Å². The zero-order valence-electron chi connectivity index (χ0n) is 13.2. The standard InChI is InChI=1S/C17H22ClNO.CH4O/c18-15-10-4-9-14(11-15)16(12-5-1-2-6-12)19-17(20)13-7-3-8-13;1-2/h4,9-13,16H,1-3,5-8H2,(H,19,20);2H,1H3. The largest absolute Gasteiger partial charge is 0.400 e. The fraction of sp³-hybridized carbons (Fsp3) is 0.611. The van der Waals surface area contributed by atoms with Crippen LogP contribution in [0, 0.1) is 11.8 Å². The Morgan fingerprint density at radius 3 is 2.41 bits per heavy atom. The highest BCUT2D eigenvalue weighted by Gasteiger charge is 2.32. The maximum absolute atomic E-state index is 12.3. The molecule has 2 aliphatic carbocycles. The molecule has 0 aliphatic heterocycles. The Kier molecular flexibility index (Phi) is 6.71. The first-order valence-electron chi connectivity index (χ1n) is 8.24. The van der Waals surface area contributed by atoms with E-state index in [1.54, 1.807) is 0 Å². The van der Waals surface area contributed by atoms with Crippen LogP contribution in [0.2, 0.25) is 5.02 Å². The summed E-state index contributed by atoms with van der Waals surface area (Å²) in [7, 11) is 1.00. The number of nitrogens with one attached hydrogen (secondary N) is 1. The highest BCUT2D eigenvalue weighted by atomic mass is 35.5. The Hall–Kier alpha value is -1.06. The molecule has 2 N–H and O–H groups in total. The van der Waals surface area contributed by atoms with Crippen molar-refractivity contribution in [3.63, 3.8) is 0 Å². The van der Waals surface area contributed by atoms with Gasteiger partial charge in [-0.3, -0.25) is 4.79 Å². The maximum Gasteiger partial charge on any atom is 0.223 e. The van der Waals surface area contributed by atoms with E-state index in [2.05, 4.69) is 11.4 Å². The second kappa shape index (κ2) is 8.54. The van der Waals surface area contributed by atoms with Gasteiger partial charge in [0.15, 0.2) is 0 Å². The second-order valence-electron chi connectivity index (χ2n) is 6.21. The Bertz CT molecular complexity index is 482. The minimum absolute atomic E-state index is 0.143. The summed E-state index contributed by atoms with van der Waals surface area (Å²) in [5, 5.41) is 11.1. The first-order valence-corrected chi connectivity index (χ1v) is 8.62. The van der Waals surface area contributed by atoms with Crippen LogP contribution in [0.1, 0.15) is 56.6 Å². The minimum atomic E-state index is 0.143. The van der Waals surface area contributed by atoms with E-state index in [1.165, 1.54) is 32.1 Å². The van der Waals surface area contributed by atoms with E-state index in [0.29, 0.717) is 5.92 Å². The predicted octanol–water partition coefficient (Wildman–Crippen LogP) is 4.10. The normalized spacial score (nSPS) is 19.8. The van der Waals surface area contributed by atoms with Crippen LogP contribution < -0.4 is 5.32 Å². The first-order chi connectivity index (χ1) is 10.7. The van der Waals surface area contributed by atoms with Crippen LogP contribution in [0.3, 0.4) is 0 Å². The fourth-order valence-corrected chi connectivity index (χ4v) is 3.60. The van der Waals surface area contributed by atoms with Gasteiger partial charge in [0.2, 0.25) is 5.91 Å². The number of carbonyl (C=O) groups excluding carboxylic acids is 1. The third-order valence-corrected chi connectivity index (χ3v) is 5.09. The number of rotatable bonds is 4. The van der Waals surface area contributed by atoms with Crippen LogP contribution in [0.5, 0.6) is 0 Å².